The number of hydrogen-bond donors (Lipinski definition) is 1. The van der Waals surface area contributed by atoms with Crippen LogP contribution in [0.3, 0.4) is 0 Å². The predicted octanol–water partition coefficient (Wildman–Crippen LogP) is 0.622. The third-order valence-corrected chi connectivity index (χ3v) is 3.43. The summed E-state index contributed by atoms with van der Waals surface area (Å²) in [5.74, 6) is -0.997. The molecule has 0 radical (unpaired) electrons. The Morgan fingerprint density at radius 1 is 1.38 bits per heavy atom. The summed E-state index contributed by atoms with van der Waals surface area (Å²) in [5.41, 5.74) is 1.01. The zero-order valence-corrected chi connectivity index (χ0v) is 12.1. The third kappa shape index (κ3) is 2.56. The number of nitrogens with zero attached hydrogens (tertiary/aromatic N) is 5. The fourth-order valence-electron chi connectivity index (χ4n) is 2.29. The van der Waals surface area contributed by atoms with E-state index in [1.54, 1.807) is 6.92 Å². The number of carbonyl (C=O) groups excluding carboxylic acids is 1. The number of fused-ring (bicyclic) bond motifs is 1. The van der Waals surface area contributed by atoms with Crippen molar-refractivity contribution >= 4 is 17.7 Å². The molecule has 2 aromatic rings. The van der Waals surface area contributed by atoms with Crippen LogP contribution in [0.2, 0.25) is 0 Å². The lowest BCUT2D eigenvalue weighted by Gasteiger charge is -2.24. The minimum absolute atomic E-state index is 0.331. The Hall–Kier alpha value is -2.51. The van der Waals surface area contributed by atoms with Gasteiger partial charge in [0.05, 0.1) is 11.3 Å². The molecule has 0 bridgehead atoms. The van der Waals surface area contributed by atoms with Gasteiger partial charge in [0.15, 0.2) is 0 Å². The molecule has 2 rings (SSSR count). The second kappa shape index (κ2) is 5.86. The van der Waals surface area contributed by atoms with Gasteiger partial charge < -0.3 is 10.0 Å². The summed E-state index contributed by atoms with van der Waals surface area (Å²) in [7, 11) is 1.48. The predicted molar refractivity (Wildman–Crippen MR) is 74.0 cm³/mol. The third-order valence-electron chi connectivity index (χ3n) is 3.43. The van der Waals surface area contributed by atoms with E-state index in [1.165, 1.54) is 29.0 Å². The van der Waals surface area contributed by atoms with Crippen LogP contribution in [0, 0.1) is 0 Å². The van der Waals surface area contributed by atoms with Crippen LogP contribution in [-0.2, 0) is 11.2 Å². The van der Waals surface area contributed by atoms with Crippen LogP contribution in [0.1, 0.15) is 36.3 Å². The van der Waals surface area contributed by atoms with Crippen molar-refractivity contribution in [1.29, 1.82) is 0 Å². The molecular formula is C13H17N5O3. The molecule has 112 valence electrons. The number of carbonyl (C=O) groups is 2. The molecule has 2 heterocycles. The Morgan fingerprint density at radius 2 is 2.10 bits per heavy atom. The first kappa shape index (κ1) is 14.9. The van der Waals surface area contributed by atoms with Crippen LogP contribution < -0.4 is 0 Å². The number of likely N-dealkylation sites (N-methyl/N-ethyl adjacent to an activating group) is 1. The average molecular weight is 291 g/mol. The summed E-state index contributed by atoms with van der Waals surface area (Å²) in [6.07, 6.45) is 3.68. The fourth-order valence-corrected chi connectivity index (χ4v) is 2.29. The zero-order chi connectivity index (χ0) is 15.6. The molecule has 0 aromatic carbocycles. The van der Waals surface area contributed by atoms with Crippen LogP contribution in [-0.4, -0.2) is 54.6 Å². The van der Waals surface area contributed by atoms with Crippen molar-refractivity contribution in [2.45, 2.75) is 32.7 Å². The molecular weight excluding hydrogens is 274 g/mol. The maximum atomic E-state index is 12.6. The Balaban J connectivity index is 2.45. The average Bonchev–Trinajstić information content (AvgIpc) is 2.93. The number of aryl methyl sites for hydroxylation is 1. The number of aliphatic carboxylic acids is 1. The maximum absolute atomic E-state index is 12.6. The lowest BCUT2D eigenvalue weighted by atomic mass is 10.1. The van der Waals surface area contributed by atoms with Crippen molar-refractivity contribution < 1.29 is 14.7 Å². The molecule has 1 amide bonds. The molecule has 0 spiro atoms. The largest absolute Gasteiger partial charge is 0.480 e. The molecule has 8 nitrogen and oxygen atoms in total. The lowest BCUT2D eigenvalue weighted by Crippen LogP contribution is -2.42. The molecule has 1 atom stereocenters. The quantitative estimate of drug-likeness (QED) is 0.866. The molecule has 21 heavy (non-hydrogen) atoms. The second-order valence-corrected chi connectivity index (χ2v) is 4.62. The van der Waals surface area contributed by atoms with Crippen LogP contribution in [0.4, 0.5) is 0 Å². The van der Waals surface area contributed by atoms with Gasteiger partial charge in [-0.3, -0.25) is 4.79 Å². The molecule has 0 aliphatic rings. The van der Waals surface area contributed by atoms with Crippen molar-refractivity contribution in [3.05, 3.63) is 23.8 Å². The normalized spacial score (nSPS) is 12.3. The highest BCUT2D eigenvalue weighted by molar-refractivity contribution is 5.97. The summed E-state index contributed by atoms with van der Waals surface area (Å²) in [6.45, 7) is 3.61. The number of aromatic nitrogens is 4. The topological polar surface area (TPSA) is 101 Å². The highest BCUT2D eigenvalue weighted by Crippen LogP contribution is 2.14. The van der Waals surface area contributed by atoms with Gasteiger partial charge in [0.1, 0.15) is 12.4 Å². The number of hydrogen-bond acceptors (Lipinski definition) is 5. The van der Waals surface area contributed by atoms with Gasteiger partial charge >= 0.3 is 5.97 Å². The van der Waals surface area contributed by atoms with Crippen molar-refractivity contribution in [3.63, 3.8) is 0 Å². The van der Waals surface area contributed by atoms with Crippen LogP contribution in [0.15, 0.2) is 12.5 Å². The molecule has 0 fully saturated rings. The van der Waals surface area contributed by atoms with Crippen LogP contribution in [0.25, 0.3) is 5.78 Å². The first-order valence-corrected chi connectivity index (χ1v) is 6.68. The zero-order valence-electron chi connectivity index (χ0n) is 12.1. The summed E-state index contributed by atoms with van der Waals surface area (Å²) >= 11 is 0. The number of rotatable bonds is 5. The monoisotopic (exact) mass is 291 g/mol. The van der Waals surface area contributed by atoms with Gasteiger partial charge in [0.25, 0.3) is 11.7 Å². The molecule has 1 N–H and O–H groups in total. The Morgan fingerprint density at radius 3 is 2.67 bits per heavy atom. The van der Waals surface area contributed by atoms with Crippen LogP contribution >= 0.6 is 0 Å². The van der Waals surface area contributed by atoms with E-state index in [0.29, 0.717) is 29.9 Å². The molecule has 1 unspecified atom stereocenters. The highest BCUT2D eigenvalue weighted by atomic mass is 16.4. The van der Waals surface area contributed by atoms with Crippen molar-refractivity contribution in [2.75, 3.05) is 7.05 Å². The number of amides is 1. The van der Waals surface area contributed by atoms with E-state index in [4.69, 9.17) is 5.11 Å². The summed E-state index contributed by atoms with van der Waals surface area (Å²) < 4.78 is 1.50. The van der Waals surface area contributed by atoms with Crippen molar-refractivity contribution in [3.8, 4) is 0 Å². The highest BCUT2D eigenvalue weighted by Gasteiger charge is 2.27. The Labute approximate surface area is 121 Å². The van der Waals surface area contributed by atoms with E-state index < -0.39 is 12.0 Å². The molecule has 8 heteroatoms. The summed E-state index contributed by atoms with van der Waals surface area (Å²) in [5, 5.41) is 13.2. The Bertz CT molecular complexity index is 681. The number of carboxylic acids is 1. The fraction of sp³-hybridized carbons (Fsp3) is 0.462. The van der Waals surface area contributed by atoms with E-state index in [0.717, 1.165) is 0 Å². The van der Waals surface area contributed by atoms with Gasteiger partial charge in [-0.15, -0.1) is 0 Å². The summed E-state index contributed by atoms with van der Waals surface area (Å²) in [6, 6.07) is -0.867. The van der Waals surface area contributed by atoms with Gasteiger partial charge in [0.2, 0.25) is 0 Å². The smallest absolute Gasteiger partial charge is 0.326 e. The first-order chi connectivity index (χ1) is 10.0. The molecule has 2 aromatic heterocycles. The standard InChI is InChI=1S/C13H17N5O3/c1-4-9-8(6-14-13-15-7-16-18(9)13)11(19)17(3)10(5-2)12(20)21/h6-7,10H,4-5H2,1-3H3,(H,20,21). The number of carboxylic acid groups (broad SMARTS) is 1. The van der Waals surface area contributed by atoms with Crippen LogP contribution in [0.5, 0.6) is 0 Å². The molecule has 0 saturated heterocycles. The van der Waals surface area contributed by atoms with Gasteiger partial charge in [-0.2, -0.15) is 10.1 Å². The maximum Gasteiger partial charge on any atom is 0.326 e. The van der Waals surface area contributed by atoms with E-state index in [9.17, 15) is 9.59 Å². The molecule has 0 saturated carbocycles. The van der Waals surface area contributed by atoms with Crippen molar-refractivity contribution in [1.82, 2.24) is 24.5 Å². The van der Waals surface area contributed by atoms with Crippen molar-refractivity contribution in [2.24, 2.45) is 0 Å². The lowest BCUT2D eigenvalue weighted by molar-refractivity contribution is -0.142. The molecule has 0 aliphatic carbocycles. The Kier molecular flexibility index (Phi) is 4.15. The van der Waals surface area contributed by atoms with Gasteiger partial charge in [-0.05, 0) is 12.8 Å². The minimum atomic E-state index is -1.03. The van der Waals surface area contributed by atoms with Gasteiger partial charge in [-0.1, -0.05) is 13.8 Å². The van der Waals surface area contributed by atoms with E-state index in [1.807, 2.05) is 6.92 Å². The van der Waals surface area contributed by atoms with Gasteiger partial charge in [-0.25, -0.2) is 14.3 Å². The van der Waals surface area contributed by atoms with Gasteiger partial charge in [0, 0.05) is 13.2 Å². The van der Waals surface area contributed by atoms with E-state index in [-0.39, 0.29) is 5.91 Å². The summed E-state index contributed by atoms with van der Waals surface area (Å²) in [4.78, 5) is 33.0. The minimum Gasteiger partial charge on any atom is -0.480 e. The first-order valence-electron chi connectivity index (χ1n) is 6.68. The molecule has 0 aliphatic heterocycles. The van der Waals surface area contributed by atoms with E-state index in [2.05, 4.69) is 15.1 Å². The second-order valence-electron chi connectivity index (χ2n) is 4.62. The van der Waals surface area contributed by atoms with E-state index >= 15 is 0 Å². The SMILES string of the molecule is CCc1c(C(=O)N(C)C(CC)C(=O)O)cnc2ncnn12.